The maximum atomic E-state index is 12.0. The molecule has 1 atom stereocenters. The largest absolute Gasteiger partial charge is 0.481 e. The van der Waals surface area contributed by atoms with Gasteiger partial charge >= 0.3 is 5.97 Å². The molecule has 4 rings (SSSR count). The Morgan fingerprint density at radius 1 is 1.04 bits per heavy atom. The number of aliphatic carboxylic acids is 1. The summed E-state index contributed by atoms with van der Waals surface area (Å²) in [5, 5.41) is 13.7. The Morgan fingerprint density at radius 2 is 1.81 bits per heavy atom. The summed E-state index contributed by atoms with van der Waals surface area (Å²) in [6, 6.07) is 9.52. The first kappa shape index (κ1) is 37.9. The molecule has 13 heteroatoms. The van der Waals surface area contributed by atoms with Crippen LogP contribution in [0.25, 0.3) is 0 Å². The molecule has 2 aliphatic rings. The van der Waals surface area contributed by atoms with Gasteiger partial charge in [-0.15, -0.1) is 4.91 Å². The van der Waals surface area contributed by atoms with Crippen molar-refractivity contribution in [2.24, 2.45) is 4.58 Å². The van der Waals surface area contributed by atoms with E-state index in [1.165, 1.54) is 7.11 Å². The molecule has 0 fully saturated rings. The average molecular weight is 736 g/mol. The molecule has 9 nitrogen and oxygen atoms in total. The predicted octanol–water partition coefficient (Wildman–Crippen LogP) is 9.31. The minimum atomic E-state index is -3.56. The van der Waals surface area contributed by atoms with Crippen LogP contribution < -0.4 is 5.32 Å². The lowest BCUT2D eigenvalue weighted by Gasteiger charge is -2.22. The molecule has 0 aromatic heterocycles. The Hall–Kier alpha value is -2.96. The molecule has 48 heavy (non-hydrogen) atoms. The van der Waals surface area contributed by atoms with Crippen LogP contribution in [0, 0.1) is 4.91 Å². The zero-order valence-electron chi connectivity index (χ0n) is 27.6. The van der Waals surface area contributed by atoms with Crippen LogP contribution in [0.15, 0.2) is 75.9 Å². The molecule has 258 valence electrons. The number of carboxylic acid groups (broad SMARTS) is 1. The summed E-state index contributed by atoms with van der Waals surface area (Å²) < 4.78 is 33.8. The van der Waals surface area contributed by atoms with Crippen molar-refractivity contribution in [2.75, 3.05) is 24.7 Å². The minimum Gasteiger partial charge on any atom is -0.481 e. The number of fused-ring (bicyclic) bond motifs is 2. The first-order valence-electron chi connectivity index (χ1n) is 15.8. The molecule has 2 heterocycles. The zero-order chi connectivity index (χ0) is 35.1. The number of halogens is 2. The Balaban J connectivity index is 1.66. The molecule has 2 aromatic carbocycles. The van der Waals surface area contributed by atoms with Gasteiger partial charge in [0.25, 0.3) is 10.1 Å². The number of benzene rings is 2. The van der Waals surface area contributed by atoms with Crippen LogP contribution in [-0.2, 0) is 29.9 Å². The zero-order valence-corrected chi connectivity index (χ0v) is 30.7. The number of allylic oxidation sites excluding steroid dienone is 6. The molecule has 0 radical (unpaired) electrons. The molecule has 2 N–H and O–H groups in total. The van der Waals surface area contributed by atoms with E-state index < -0.39 is 21.5 Å². The van der Waals surface area contributed by atoms with Gasteiger partial charge in [-0.25, -0.2) is 0 Å². The molecule has 0 aliphatic carbocycles. The van der Waals surface area contributed by atoms with Crippen LogP contribution >= 0.6 is 35.1 Å². The monoisotopic (exact) mass is 734 g/mol. The van der Waals surface area contributed by atoms with E-state index in [9.17, 15) is 18.1 Å². The van der Waals surface area contributed by atoms with Gasteiger partial charge in [0.15, 0.2) is 5.71 Å². The average Bonchev–Trinajstić information content (AvgIpc) is 3.41. The normalized spacial score (nSPS) is 19.3. The highest BCUT2D eigenvalue weighted by Crippen LogP contribution is 2.48. The van der Waals surface area contributed by atoms with Crippen LogP contribution in [0.4, 0.5) is 11.4 Å². The molecular weight excluding hydrogens is 693 g/mol. The van der Waals surface area contributed by atoms with E-state index >= 15 is 0 Å². The molecule has 0 bridgehead atoms. The van der Waals surface area contributed by atoms with E-state index in [1.54, 1.807) is 6.07 Å². The number of nitrogens with one attached hydrogen (secondary N) is 1. The van der Waals surface area contributed by atoms with Crippen molar-refractivity contribution in [3.63, 3.8) is 0 Å². The third kappa shape index (κ3) is 8.79. The maximum Gasteiger partial charge on any atom is 0.303 e. The van der Waals surface area contributed by atoms with Crippen LogP contribution in [0.1, 0.15) is 76.8 Å². The van der Waals surface area contributed by atoms with Gasteiger partial charge in [0.2, 0.25) is 5.69 Å². The quantitative estimate of drug-likeness (QED) is 0.0411. The lowest BCUT2D eigenvalue weighted by molar-refractivity contribution is -0.438. The van der Waals surface area contributed by atoms with Gasteiger partial charge in [-0.05, 0) is 62.1 Å². The first-order valence-corrected chi connectivity index (χ1v) is 19.0. The number of hydrogen-bond acceptors (Lipinski definition) is 8. The third-order valence-corrected chi connectivity index (χ3v) is 11.5. The van der Waals surface area contributed by atoms with Gasteiger partial charge in [0, 0.05) is 56.2 Å². The highest BCUT2D eigenvalue weighted by atomic mass is 35.5. The maximum absolute atomic E-state index is 12.0. The molecule has 0 spiro atoms. The summed E-state index contributed by atoms with van der Waals surface area (Å²) in [7, 11) is -2.39. The van der Waals surface area contributed by atoms with Gasteiger partial charge in [-0.3, -0.25) is 8.98 Å². The highest BCUT2D eigenvalue weighted by Gasteiger charge is 2.47. The first-order chi connectivity index (χ1) is 22.7. The molecule has 0 saturated heterocycles. The van der Waals surface area contributed by atoms with Crippen molar-refractivity contribution < 1.29 is 27.1 Å². The minimum absolute atomic E-state index is 0.0696. The predicted molar refractivity (Wildman–Crippen MR) is 195 cm³/mol. The smallest absolute Gasteiger partial charge is 0.303 e. The Morgan fingerprint density at radius 3 is 2.52 bits per heavy atom. The fraction of sp³-hybridized carbons (Fsp3) is 0.429. The molecule has 1 unspecified atom stereocenters. The highest BCUT2D eigenvalue weighted by molar-refractivity contribution is 7.98. The fourth-order valence-corrected chi connectivity index (χ4v) is 8.09. The van der Waals surface area contributed by atoms with Gasteiger partial charge in [0.1, 0.15) is 6.54 Å². The second-order valence-electron chi connectivity index (χ2n) is 12.7. The number of nitrogens with zero attached hydrogens (tertiary/aromatic N) is 2. The number of hydrogen-bond donors (Lipinski definition) is 2. The van der Waals surface area contributed by atoms with Crippen molar-refractivity contribution in [3.05, 3.63) is 92.5 Å². The van der Waals surface area contributed by atoms with Crippen molar-refractivity contribution >= 4 is 68.3 Å². The van der Waals surface area contributed by atoms with Gasteiger partial charge < -0.3 is 10.4 Å². The summed E-state index contributed by atoms with van der Waals surface area (Å²) in [6.45, 7) is 6.98. The topological polar surface area (TPSA) is 125 Å². The van der Waals surface area contributed by atoms with E-state index in [0.717, 1.165) is 70.0 Å². The number of rotatable bonds is 17. The fourth-order valence-electron chi connectivity index (χ4n) is 6.44. The van der Waals surface area contributed by atoms with E-state index in [4.69, 9.17) is 28.3 Å². The van der Waals surface area contributed by atoms with Crippen LogP contribution in [0.5, 0.6) is 0 Å². The number of carbonyl (C=O) groups is 1. The molecular formula is C35H42Cl2N3O6S2+. The number of nitroso groups, excluding NO2 is 1. The second kappa shape index (κ2) is 16.2. The summed E-state index contributed by atoms with van der Waals surface area (Å²) in [5.41, 5.74) is 5.18. The molecule has 2 aliphatic heterocycles. The summed E-state index contributed by atoms with van der Waals surface area (Å²) in [5.74, 6) is -0.874. The summed E-state index contributed by atoms with van der Waals surface area (Å²) in [6.07, 6.45) is 14.1. The van der Waals surface area contributed by atoms with Crippen molar-refractivity contribution in [1.29, 1.82) is 0 Å². The van der Waals surface area contributed by atoms with Crippen LogP contribution in [0.2, 0.25) is 10.0 Å². The van der Waals surface area contributed by atoms with Gasteiger partial charge in [-0.1, -0.05) is 68.1 Å². The molecule has 0 saturated carbocycles. The van der Waals surface area contributed by atoms with Crippen molar-refractivity contribution in [3.8, 4) is 0 Å². The lowest BCUT2D eigenvalue weighted by atomic mass is 9.75. The Bertz CT molecular complexity index is 1790. The van der Waals surface area contributed by atoms with Crippen molar-refractivity contribution in [2.45, 2.75) is 81.4 Å². The van der Waals surface area contributed by atoms with E-state index in [2.05, 4.69) is 45.5 Å². The van der Waals surface area contributed by atoms with Gasteiger partial charge in [-0.2, -0.15) is 13.0 Å². The SMILES string of the molecule is COS(=O)(=O)CCCC[N+]1=C(/C=C/C=C/C=C2/Nc3c(Cl)cc(Cl)cc3C2(C)C)C(C)(CCCCCC(=O)O)c2cc(SN=O)ccc21. The van der Waals surface area contributed by atoms with Gasteiger partial charge in [0.05, 0.1) is 40.9 Å². The molecule has 2 aromatic rings. The van der Waals surface area contributed by atoms with E-state index in [0.29, 0.717) is 35.9 Å². The third-order valence-electron chi connectivity index (χ3n) is 9.10. The molecule has 0 amide bonds. The standard InChI is InChI=1S/C35H41Cl2N3O6S2/c1-34(2)27-21-24(36)22-28(37)33(27)38-30(34)13-7-5-8-14-31-35(3,18-10-6-9-15-32(41)42)26-23-25(47-39-43)16-17-29(26)40(31)19-11-12-20-48(44,45)46-4/h5,7-8,13-14,16-17,21-23H,6,9-12,15,18-20H2,1-4H3,(H,41,42)/p+1. The van der Waals surface area contributed by atoms with Crippen LogP contribution in [-0.4, -0.2) is 49.2 Å². The number of carboxylic acids is 1. The van der Waals surface area contributed by atoms with E-state index in [1.807, 2.05) is 48.6 Å². The Kier molecular flexibility index (Phi) is 12.7. The summed E-state index contributed by atoms with van der Waals surface area (Å²) >= 11 is 13.6. The number of anilines is 1. The number of unbranched alkanes of at least 4 members (excludes halogenated alkanes) is 3. The summed E-state index contributed by atoms with van der Waals surface area (Å²) in [4.78, 5) is 23.0. The second-order valence-corrected chi connectivity index (χ2v) is 16.2. The van der Waals surface area contributed by atoms with E-state index in [-0.39, 0.29) is 17.6 Å². The van der Waals surface area contributed by atoms with Crippen LogP contribution in [0.3, 0.4) is 0 Å². The van der Waals surface area contributed by atoms with Crippen molar-refractivity contribution in [1.82, 2.24) is 0 Å². The Labute approximate surface area is 297 Å². The lowest BCUT2D eigenvalue weighted by Crippen LogP contribution is -2.31.